The lowest BCUT2D eigenvalue weighted by molar-refractivity contribution is 0.378. The third-order valence-electron chi connectivity index (χ3n) is 2.65. The summed E-state index contributed by atoms with van der Waals surface area (Å²) in [6, 6.07) is 0. The Bertz CT molecular complexity index is 122. The van der Waals surface area contributed by atoms with E-state index in [0.29, 0.717) is 0 Å². The molecule has 0 fully saturated rings. The first-order chi connectivity index (χ1) is 5.54. The van der Waals surface area contributed by atoms with Gasteiger partial charge in [0.15, 0.2) is 0 Å². The van der Waals surface area contributed by atoms with Crippen LogP contribution in [0.25, 0.3) is 0 Å². The fourth-order valence-electron chi connectivity index (χ4n) is 1.23. The van der Waals surface area contributed by atoms with Crippen LogP contribution >= 0.6 is 0 Å². The van der Waals surface area contributed by atoms with E-state index in [0.717, 1.165) is 11.8 Å². The molecule has 0 saturated carbocycles. The lowest BCUT2D eigenvalue weighted by atomic mass is 9.92. The Morgan fingerprint density at radius 2 is 1.75 bits per heavy atom. The smallest absolute Gasteiger partial charge is 0.0326 e. The van der Waals surface area contributed by atoms with E-state index in [1.54, 1.807) is 0 Å². The van der Waals surface area contributed by atoms with Crippen LogP contribution in [0.1, 0.15) is 53.4 Å². The molecule has 1 atom stereocenters. The van der Waals surface area contributed by atoms with Crippen LogP contribution in [0, 0.1) is 11.8 Å². The van der Waals surface area contributed by atoms with Crippen LogP contribution in [0.4, 0.5) is 0 Å². The molecule has 0 aliphatic heterocycles. The van der Waals surface area contributed by atoms with Gasteiger partial charge in [-0.1, -0.05) is 39.2 Å². The number of rotatable bonds is 6. The van der Waals surface area contributed by atoms with E-state index < -0.39 is 0 Å². The molecule has 72 valence electrons. The minimum atomic E-state index is 0.842. The zero-order valence-electron chi connectivity index (χ0n) is 9.19. The molecular weight excluding hydrogens is 144 g/mol. The van der Waals surface area contributed by atoms with Crippen molar-refractivity contribution in [2.75, 3.05) is 0 Å². The van der Waals surface area contributed by atoms with Gasteiger partial charge in [-0.3, -0.25) is 0 Å². The van der Waals surface area contributed by atoms with Crippen LogP contribution in [0.2, 0.25) is 0 Å². The molecular formula is C12H24. The van der Waals surface area contributed by atoms with Crippen LogP contribution < -0.4 is 0 Å². The molecule has 0 heteroatoms. The summed E-state index contributed by atoms with van der Waals surface area (Å²) in [5.41, 5.74) is 1.33. The van der Waals surface area contributed by atoms with Crippen molar-refractivity contribution in [3.05, 3.63) is 12.2 Å². The van der Waals surface area contributed by atoms with Crippen LogP contribution in [-0.2, 0) is 0 Å². The molecule has 0 radical (unpaired) electrons. The molecule has 1 unspecified atom stereocenters. The van der Waals surface area contributed by atoms with E-state index in [9.17, 15) is 0 Å². The topological polar surface area (TPSA) is 0 Å². The maximum absolute atomic E-state index is 3.91. The second kappa shape index (κ2) is 6.28. The van der Waals surface area contributed by atoms with Gasteiger partial charge in [0.2, 0.25) is 0 Å². The highest BCUT2D eigenvalue weighted by atomic mass is 14.1. The first-order valence-electron chi connectivity index (χ1n) is 5.18. The lowest BCUT2D eigenvalue weighted by Crippen LogP contribution is -2.03. The molecule has 0 aliphatic carbocycles. The van der Waals surface area contributed by atoms with Crippen LogP contribution in [0.5, 0.6) is 0 Å². The first kappa shape index (κ1) is 11.7. The molecule has 0 nitrogen and oxygen atoms in total. The summed E-state index contributed by atoms with van der Waals surface area (Å²) >= 11 is 0. The molecule has 0 heterocycles. The molecule has 0 aromatic heterocycles. The van der Waals surface area contributed by atoms with E-state index >= 15 is 0 Å². The Morgan fingerprint density at radius 1 is 1.17 bits per heavy atom. The van der Waals surface area contributed by atoms with E-state index in [2.05, 4.69) is 34.3 Å². The van der Waals surface area contributed by atoms with Gasteiger partial charge in [0, 0.05) is 0 Å². The average Bonchev–Trinajstić information content (AvgIpc) is 1.97. The number of allylic oxidation sites excluding steroid dienone is 1. The Hall–Kier alpha value is -0.260. The van der Waals surface area contributed by atoms with E-state index in [-0.39, 0.29) is 0 Å². The van der Waals surface area contributed by atoms with Crippen LogP contribution in [-0.4, -0.2) is 0 Å². The number of hydrogen-bond acceptors (Lipinski definition) is 0. The monoisotopic (exact) mass is 168 g/mol. The summed E-state index contributed by atoms with van der Waals surface area (Å²) in [4.78, 5) is 0. The molecule has 0 N–H and O–H groups in total. The normalized spacial score (nSPS) is 13.4. The zero-order chi connectivity index (χ0) is 9.56. The molecule has 12 heavy (non-hydrogen) atoms. The van der Waals surface area contributed by atoms with Gasteiger partial charge in [0.05, 0.1) is 0 Å². The lowest BCUT2D eigenvalue weighted by Gasteiger charge is -2.14. The fraction of sp³-hybridized carbons (Fsp3) is 0.833. The Kier molecular flexibility index (Phi) is 6.14. The minimum absolute atomic E-state index is 0.842. The van der Waals surface area contributed by atoms with Gasteiger partial charge in [-0.2, -0.15) is 0 Å². The van der Waals surface area contributed by atoms with Crippen molar-refractivity contribution in [2.45, 2.75) is 53.4 Å². The predicted molar refractivity (Wildman–Crippen MR) is 57.3 cm³/mol. The van der Waals surface area contributed by atoms with Gasteiger partial charge >= 0.3 is 0 Å². The van der Waals surface area contributed by atoms with E-state index in [1.165, 1.54) is 31.3 Å². The van der Waals surface area contributed by atoms with Gasteiger partial charge in [-0.05, 0) is 31.6 Å². The summed E-state index contributed by atoms with van der Waals surface area (Å²) in [5, 5.41) is 0. The quantitative estimate of drug-likeness (QED) is 0.407. The maximum atomic E-state index is 3.91. The van der Waals surface area contributed by atoms with Crippen LogP contribution in [0.15, 0.2) is 12.2 Å². The first-order valence-corrected chi connectivity index (χ1v) is 5.18. The third-order valence-corrected chi connectivity index (χ3v) is 2.65. The van der Waals surface area contributed by atoms with Crippen molar-refractivity contribution in [3.63, 3.8) is 0 Å². The number of unbranched alkanes of at least 4 members (excludes halogenated alkanes) is 1. The van der Waals surface area contributed by atoms with Crippen molar-refractivity contribution < 1.29 is 0 Å². The maximum Gasteiger partial charge on any atom is -0.0326 e. The molecule has 0 aromatic carbocycles. The van der Waals surface area contributed by atoms with E-state index in [4.69, 9.17) is 0 Å². The Balaban J connectivity index is 3.25. The van der Waals surface area contributed by atoms with Gasteiger partial charge in [-0.15, -0.1) is 6.58 Å². The molecule has 0 aromatic rings. The predicted octanol–water partition coefficient (Wildman–Crippen LogP) is 4.42. The standard InChI is InChI=1S/C12H24/c1-10(2)8-6-7-9-12(5)11(3)4/h11-12H,1,6-9H2,2-5H3. The average molecular weight is 168 g/mol. The van der Waals surface area contributed by atoms with Crippen molar-refractivity contribution in [3.8, 4) is 0 Å². The summed E-state index contributed by atoms with van der Waals surface area (Å²) in [7, 11) is 0. The summed E-state index contributed by atoms with van der Waals surface area (Å²) in [6.07, 6.45) is 5.29. The molecule has 0 rings (SSSR count). The third kappa shape index (κ3) is 6.45. The molecule has 0 bridgehead atoms. The summed E-state index contributed by atoms with van der Waals surface area (Å²) < 4.78 is 0. The molecule has 0 amide bonds. The molecule has 0 aliphatic rings. The minimum Gasteiger partial charge on any atom is -0.100 e. The number of hydrogen-bond donors (Lipinski definition) is 0. The second-order valence-electron chi connectivity index (χ2n) is 4.42. The summed E-state index contributed by atoms with van der Waals surface area (Å²) in [6.45, 7) is 13.0. The van der Waals surface area contributed by atoms with Gasteiger partial charge < -0.3 is 0 Å². The fourth-order valence-corrected chi connectivity index (χ4v) is 1.23. The Labute approximate surface area is 78.1 Å². The van der Waals surface area contributed by atoms with Crippen LogP contribution in [0.3, 0.4) is 0 Å². The Morgan fingerprint density at radius 3 is 2.17 bits per heavy atom. The van der Waals surface area contributed by atoms with Crippen molar-refractivity contribution >= 4 is 0 Å². The zero-order valence-corrected chi connectivity index (χ0v) is 9.19. The summed E-state index contributed by atoms with van der Waals surface area (Å²) in [5.74, 6) is 1.73. The van der Waals surface area contributed by atoms with Crippen molar-refractivity contribution in [2.24, 2.45) is 11.8 Å². The van der Waals surface area contributed by atoms with Gasteiger partial charge in [-0.25, -0.2) is 0 Å². The van der Waals surface area contributed by atoms with Crippen molar-refractivity contribution in [1.29, 1.82) is 0 Å². The molecule has 0 spiro atoms. The second-order valence-corrected chi connectivity index (χ2v) is 4.42. The highest BCUT2D eigenvalue weighted by Gasteiger charge is 2.05. The van der Waals surface area contributed by atoms with Gasteiger partial charge in [0.25, 0.3) is 0 Å². The largest absolute Gasteiger partial charge is 0.100 e. The van der Waals surface area contributed by atoms with Gasteiger partial charge in [0.1, 0.15) is 0 Å². The van der Waals surface area contributed by atoms with Crippen molar-refractivity contribution in [1.82, 2.24) is 0 Å². The van der Waals surface area contributed by atoms with E-state index in [1.807, 2.05) is 0 Å². The molecule has 0 saturated heterocycles. The SMILES string of the molecule is C=C(C)CCCCC(C)C(C)C. The highest BCUT2D eigenvalue weighted by molar-refractivity contribution is 4.87. The highest BCUT2D eigenvalue weighted by Crippen LogP contribution is 2.18.